The maximum Gasteiger partial charge on any atom is 0.223 e. The molecule has 3 unspecified atom stereocenters. The van der Waals surface area contributed by atoms with Crippen molar-refractivity contribution in [2.24, 2.45) is 17.8 Å². The first-order chi connectivity index (χ1) is 8.78. The highest BCUT2D eigenvalue weighted by molar-refractivity contribution is 5.77. The molecule has 98 valence electrons. The second-order valence-corrected chi connectivity index (χ2v) is 6.37. The molecule has 0 aromatic rings. The van der Waals surface area contributed by atoms with Crippen LogP contribution in [0.2, 0.25) is 0 Å². The number of rotatable bonds is 5. The van der Waals surface area contributed by atoms with Gasteiger partial charge in [-0.3, -0.25) is 4.79 Å². The van der Waals surface area contributed by atoms with E-state index in [1.807, 2.05) is 4.90 Å². The van der Waals surface area contributed by atoms with E-state index in [1.54, 1.807) is 0 Å². The highest BCUT2D eigenvalue weighted by atomic mass is 16.2. The summed E-state index contributed by atoms with van der Waals surface area (Å²) in [6.07, 6.45) is 8.94. The number of carbonyl (C=O) groups excluding carboxylic acids is 1. The molecular formula is C15H22N2O. The molecule has 3 saturated carbocycles. The Hall–Kier alpha value is -1.04. The molecule has 0 spiro atoms. The van der Waals surface area contributed by atoms with Gasteiger partial charge in [-0.15, -0.1) is 0 Å². The van der Waals surface area contributed by atoms with Gasteiger partial charge in [-0.2, -0.15) is 5.26 Å². The van der Waals surface area contributed by atoms with Gasteiger partial charge in [0.05, 0.1) is 12.5 Å². The Bertz CT molecular complexity index is 369. The molecule has 0 saturated heterocycles. The lowest BCUT2D eigenvalue weighted by atomic mass is 9.86. The largest absolute Gasteiger partial charge is 0.339 e. The van der Waals surface area contributed by atoms with Crippen molar-refractivity contribution in [2.75, 3.05) is 6.54 Å². The molecular weight excluding hydrogens is 224 g/mol. The topological polar surface area (TPSA) is 44.1 Å². The summed E-state index contributed by atoms with van der Waals surface area (Å²) in [4.78, 5) is 14.4. The Morgan fingerprint density at radius 1 is 1.22 bits per heavy atom. The zero-order chi connectivity index (χ0) is 12.5. The Labute approximate surface area is 109 Å². The lowest BCUT2D eigenvalue weighted by Gasteiger charge is -2.26. The van der Waals surface area contributed by atoms with Gasteiger partial charge in [-0.25, -0.2) is 0 Å². The molecule has 0 radical (unpaired) electrons. The van der Waals surface area contributed by atoms with Crippen molar-refractivity contribution in [3.63, 3.8) is 0 Å². The van der Waals surface area contributed by atoms with Crippen LogP contribution in [0, 0.1) is 29.1 Å². The van der Waals surface area contributed by atoms with Gasteiger partial charge in [-0.1, -0.05) is 6.42 Å². The van der Waals surface area contributed by atoms with E-state index in [-0.39, 0.29) is 0 Å². The third-order valence-corrected chi connectivity index (χ3v) is 5.09. The Balaban J connectivity index is 1.54. The van der Waals surface area contributed by atoms with Crippen molar-refractivity contribution in [1.29, 1.82) is 5.26 Å². The number of hydrogen-bond donors (Lipinski definition) is 0. The molecule has 3 nitrogen and oxygen atoms in total. The molecule has 0 aliphatic heterocycles. The van der Waals surface area contributed by atoms with Crippen molar-refractivity contribution >= 4 is 5.91 Å². The molecule has 3 rings (SSSR count). The third-order valence-electron chi connectivity index (χ3n) is 5.09. The van der Waals surface area contributed by atoms with E-state index in [9.17, 15) is 4.79 Å². The van der Waals surface area contributed by atoms with E-state index in [1.165, 1.54) is 25.7 Å². The average Bonchev–Trinajstić information content (AvgIpc) is 2.98. The predicted octanol–water partition coefficient (Wildman–Crippen LogP) is 2.72. The van der Waals surface area contributed by atoms with Gasteiger partial charge in [0, 0.05) is 19.0 Å². The summed E-state index contributed by atoms with van der Waals surface area (Å²) in [6, 6.07) is 2.62. The molecule has 3 heteroatoms. The van der Waals surface area contributed by atoms with Gasteiger partial charge in [0.15, 0.2) is 0 Å². The van der Waals surface area contributed by atoms with Crippen LogP contribution in [0.3, 0.4) is 0 Å². The smallest absolute Gasteiger partial charge is 0.223 e. The van der Waals surface area contributed by atoms with E-state index in [0.29, 0.717) is 30.8 Å². The van der Waals surface area contributed by atoms with Crippen molar-refractivity contribution in [1.82, 2.24) is 4.90 Å². The van der Waals surface area contributed by atoms with Gasteiger partial charge in [-0.05, 0) is 49.9 Å². The normalized spacial score (nSPS) is 33.4. The van der Waals surface area contributed by atoms with E-state index >= 15 is 0 Å². The van der Waals surface area contributed by atoms with Crippen LogP contribution in [-0.2, 0) is 4.79 Å². The van der Waals surface area contributed by atoms with Crippen molar-refractivity contribution in [3.05, 3.63) is 0 Å². The highest BCUT2D eigenvalue weighted by Gasteiger charge is 2.41. The van der Waals surface area contributed by atoms with Gasteiger partial charge in [0.2, 0.25) is 5.91 Å². The van der Waals surface area contributed by atoms with Gasteiger partial charge in [0.25, 0.3) is 0 Å². The summed E-state index contributed by atoms with van der Waals surface area (Å²) in [6.45, 7) is 0.654. The van der Waals surface area contributed by atoms with Crippen molar-refractivity contribution < 1.29 is 4.79 Å². The second kappa shape index (κ2) is 4.91. The van der Waals surface area contributed by atoms with Crippen LogP contribution in [0.1, 0.15) is 51.4 Å². The number of carbonyl (C=O) groups is 1. The lowest BCUT2D eigenvalue weighted by molar-refractivity contribution is -0.133. The molecule has 0 aromatic carbocycles. The standard InChI is InChI=1S/C15H22N2O/c16-6-1-7-17(14-4-5-14)15(18)10-13-9-11-2-3-12(13)8-11/h11-14H,1-5,7-10H2. The van der Waals surface area contributed by atoms with Gasteiger partial charge in [0.1, 0.15) is 0 Å². The number of hydrogen-bond acceptors (Lipinski definition) is 2. The summed E-state index contributed by atoms with van der Waals surface area (Å²) in [7, 11) is 0. The first kappa shape index (κ1) is 12.0. The molecule has 1 amide bonds. The zero-order valence-corrected chi connectivity index (χ0v) is 11.0. The molecule has 3 aliphatic carbocycles. The van der Waals surface area contributed by atoms with Crippen LogP contribution in [0.5, 0.6) is 0 Å². The second-order valence-electron chi connectivity index (χ2n) is 6.37. The molecule has 0 N–H and O–H groups in total. The summed E-state index contributed by atoms with van der Waals surface area (Å²) in [5, 5.41) is 8.68. The Kier molecular flexibility index (Phi) is 3.28. The van der Waals surface area contributed by atoms with Crippen LogP contribution in [0.15, 0.2) is 0 Å². The fourth-order valence-corrected chi connectivity index (χ4v) is 4.04. The molecule has 3 atom stereocenters. The Morgan fingerprint density at radius 2 is 2.06 bits per heavy atom. The minimum absolute atomic E-state index is 0.324. The van der Waals surface area contributed by atoms with Crippen molar-refractivity contribution in [3.8, 4) is 6.07 Å². The SMILES string of the molecule is N#CCCN(C(=O)CC1CC2CCC1C2)C1CC1. The molecule has 2 bridgehead atoms. The first-order valence-corrected chi connectivity index (χ1v) is 7.44. The lowest BCUT2D eigenvalue weighted by Crippen LogP contribution is -2.35. The highest BCUT2D eigenvalue weighted by Crippen LogP contribution is 2.49. The summed E-state index contributed by atoms with van der Waals surface area (Å²) < 4.78 is 0. The predicted molar refractivity (Wildman–Crippen MR) is 68.5 cm³/mol. The maximum atomic E-state index is 12.4. The molecule has 3 fully saturated rings. The van der Waals surface area contributed by atoms with E-state index in [4.69, 9.17) is 5.26 Å². The molecule has 0 aromatic heterocycles. The summed E-state index contributed by atoms with van der Waals surface area (Å²) >= 11 is 0. The number of fused-ring (bicyclic) bond motifs is 2. The zero-order valence-electron chi connectivity index (χ0n) is 11.0. The van der Waals surface area contributed by atoms with Crippen LogP contribution >= 0.6 is 0 Å². The summed E-state index contributed by atoms with van der Waals surface area (Å²) in [5.74, 6) is 2.72. The fourth-order valence-electron chi connectivity index (χ4n) is 4.04. The van der Waals surface area contributed by atoms with Gasteiger partial charge >= 0.3 is 0 Å². The maximum absolute atomic E-state index is 12.4. The third kappa shape index (κ3) is 2.39. The quantitative estimate of drug-likeness (QED) is 0.748. The molecule has 18 heavy (non-hydrogen) atoms. The fraction of sp³-hybridized carbons (Fsp3) is 0.867. The number of nitrogens with zero attached hydrogens (tertiary/aromatic N) is 2. The first-order valence-electron chi connectivity index (χ1n) is 7.44. The molecule has 0 heterocycles. The minimum Gasteiger partial charge on any atom is -0.339 e. The Morgan fingerprint density at radius 3 is 2.61 bits per heavy atom. The van der Waals surface area contributed by atoms with Crippen molar-refractivity contribution in [2.45, 2.75) is 57.4 Å². The summed E-state index contributed by atoms with van der Waals surface area (Å²) in [5.41, 5.74) is 0. The van der Waals surface area contributed by atoms with E-state index < -0.39 is 0 Å². The minimum atomic E-state index is 0.324. The monoisotopic (exact) mass is 246 g/mol. The van der Waals surface area contributed by atoms with Crippen LogP contribution in [0.4, 0.5) is 0 Å². The number of nitriles is 1. The van der Waals surface area contributed by atoms with Crippen LogP contribution in [-0.4, -0.2) is 23.4 Å². The van der Waals surface area contributed by atoms with E-state index in [0.717, 1.165) is 31.1 Å². The van der Waals surface area contributed by atoms with Crippen LogP contribution < -0.4 is 0 Å². The average molecular weight is 246 g/mol. The van der Waals surface area contributed by atoms with Gasteiger partial charge < -0.3 is 4.90 Å². The number of amides is 1. The van der Waals surface area contributed by atoms with Crippen LogP contribution in [0.25, 0.3) is 0 Å². The molecule has 3 aliphatic rings. The van der Waals surface area contributed by atoms with E-state index in [2.05, 4.69) is 6.07 Å².